The Morgan fingerprint density at radius 2 is 1.97 bits per heavy atom. The number of rotatable bonds is 8. The van der Waals surface area contributed by atoms with E-state index < -0.39 is 0 Å². The molecule has 0 spiro atoms. The molecule has 3 aromatic heterocycles. The first kappa shape index (κ1) is 19.6. The second kappa shape index (κ2) is 9.17. The monoisotopic (exact) mass is 400 g/mol. The third kappa shape index (κ3) is 4.46. The van der Waals surface area contributed by atoms with Gasteiger partial charge in [-0.25, -0.2) is 0 Å². The predicted octanol–water partition coefficient (Wildman–Crippen LogP) is 3.50. The zero-order valence-electron chi connectivity index (χ0n) is 16.9. The van der Waals surface area contributed by atoms with E-state index in [-0.39, 0.29) is 5.91 Å². The quantitative estimate of drug-likeness (QED) is 0.473. The van der Waals surface area contributed by atoms with Crippen LogP contribution in [0.4, 0.5) is 5.82 Å². The Morgan fingerprint density at radius 1 is 1.07 bits per heavy atom. The number of carbonyl (C=O) groups excluding carboxylic acids is 1. The van der Waals surface area contributed by atoms with Crippen LogP contribution < -0.4 is 10.6 Å². The van der Waals surface area contributed by atoms with Crippen LogP contribution in [-0.4, -0.2) is 32.2 Å². The SMILES string of the molecule is CCCNC(=O)Cc1cn(-c2ccc(NCc3cccnc3)nn2)c2ccccc12. The van der Waals surface area contributed by atoms with Gasteiger partial charge in [0.2, 0.25) is 5.91 Å². The maximum Gasteiger partial charge on any atom is 0.224 e. The van der Waals surface area contributed by atoms with E-state index in [0.717, 1.165) is 28.5 Å². The molecule has 0 unspecified atom stereocenters. The summed E-state index contributed by atoms with van der Waals surface area (Å²) in [6, 6.07) is 15.8. The van der Waals surface area contributed by atoms with Crippen molar-refractivity contribution in [1.82, 2.24) is 25.1 Å². The molecular weight excluding hydrogens is 376 g/mol. The van der Waals surface area contributed by atoms with Crippen molar-refractivity contribution in [2.75, 3.05) is 11.9 Å². The van der Waals surface area contributed by atoms with Gasteiger partial charge >= 0.3 is 0 Å². The Bertz CT molecular complexity index is 1120. The minimum absolute atomic E-state index is 0.0285. The highest BCUT2D eigenvalue weighted by atomic mass is 16.1. The number of para-hydroxylation sites is 1. The number of anilines is 1. The first-order valence-electron chi connectivity index (χ1n) is 10.1. The zero-order chi connectivity index (χ0) is 20.8. The number of benzene rings is 1. The minimum Gasteiger partial charge on any atom is -0.364 e. The molecule has 0 aliphatic rings. The minimum atomic E-state index is 0.0285. The molecule has 0 saturated heterocycles. The second-order valence-electron chi connectivity index (χ2n) is 7.06. The van der Waals surface area contributed by atoms with Gasteiger partial charge in [0.05, 0.1) is 11.9 Å². The van der Waals surface area contributed by atoms with Crippen LogP contribution >= 0.6 is 0 Å². The second-order valence-corrected chi connectivity index (χ2v) is 7.06. The fourth-order valence-corrected chi connectivity index (χ4v) is 3.32. The molecule has 0 fully saturated rings. The van der Waals surface area contributed by atoms with Crippen LogP contribution in [0.25, 0.3) is 16.7 Å². The predicted molar refractivity (Wildman–Crippen MR) is 117 cm³/mol. The van der Waals surface area contributed by atoms with E-state index in [4.69, 9.17) is 0 Å². The van der Waals surface area contributed by atoms with Gasteiger partial charge in [-0.3, -0.25) is 14.3 Å². The highest BCUT2D eigenvalue weighted by Crippen LogP contribution is 2.24. The lowest BCUT2D eigenvalue weighted by Gasteiger charge is -2.07. The van der Waals surface area contributed by atoms with Crippen LogP contribution in [0.5, 0.6) is 0 Å². The lowest BCUT2D eigenvalue weighted by Crippen LogP contribution is -2.25. The summed E-state index contributed by atoms with van der Waals surface area (Å²) in [5.74, 6) is 1.43. The number of carbonyl (C=O) groups is 1. The van der Waals surface area contributed by atoms with Gasteiger partial charge in [0, 0.05) is 37.1 Å². The molecule has 4 rings (SSSR count). The maximum absolute atomic E-state index is 12.2. The molecule has 152 valence electrons. The molecule has 1 amide bonds. The molecule has 0 radical (unpaired) electrons. The molecule has 7 heteroatoms. The number of hydrogen-bond donors (Lipinski definition) is 2. The lowest BCUT2D eigenvalue weighted by molar-refractivity contribution is -0.120. The first-order valence-corrected chi connectivity index (χ1v) is 10.1. The molecule has 4 aromatic rings. The topological polar surface area (TPSA) is 84.7 Å². The Labute approximate surface area is 175 Å². The third-order valence-electron chi connectivity index (χ3n) is 4.81. The van der Waals surface area contributed by atoms with Crippen molar-refractivity contribution >= 4 is 22.6 Å². The summed E-state index contributed by atoms with van der Waals surface area (Å²) in [6.45, 7) is 3.36. The van der Waals surface area contributed by atoms with Gasteiger partial charge in [-0.15, -0.1) is 10.2 Å². The van der Waals surface area contributed by atoms with Crippen LogP contribution in [-0.2, 0) is 17.8 Å². The molecule has 2 N–H and O–H groups in total. The number of pyridine rings is 1. The summed E-state index contributed by atoms with van der Waals surface area (Å²) in [5.41, 5.74) is 3.05. The van der Waals surface area contributed by atoms with Gasteiger partial charge in [-0.2, -0.15) is 0 Å². The summed E-state index contributed by atoms with van der Waals surface area (Å²) in [6.07, 6.45) is 6.80. The van der Waals surface area contributed by atoms with E-state index in [1.165, 1.54) is 0 Å². The normalized spacial score (nSPS) is 10.8. The van der Waals surface area contributed by atoms with Crippen LogP contribution in [0.15, 0.2) is 67.1 Å². The van der Waals surface area contributed by atoms with E-state index in [0.29, 0.717) is 31.1 Å². The third-order valence-corrected chi connectivity index (χ3v) is 4.81. The van der Waals surface area contributed by atoms with Crippen molar-refractivity contribution in [2.45, 2.75) is 26.3 Å². The summed E-state index contributed by atoms with van der Waals surface area (Å²) in [4.78, 5) is 16.3. The molecule has 0 aliphatic heterocycles. The van der Waals surface area contributed by atoms with Crippen molar-refractivity contribution in [3.63, 3.8) is 0 Å². The van der Waals surface area contributed by atoms with E-state index in [2.05, 4.69) is 25.8 Å². The number of fused-ring (bicyclic) bond motifs is 1. The molecule has 0 atom stereocenters. The smallest absolute Gasteiger partial charge is 0.224 e. The summed E-state index contributed by atoms with van der Waals surface area (Å²) >= 11 is 0. The zero-order valence-corrected chi connectivity index (χ0v) is 16.9. The molecule has 3 heterocycles. The molecule has 0 aliphatic carbocycles. The van der Waals surface area contributed by atoms with Crippen LogP contribution in [0.3, 0.4) is 0 Å². The van der Waals surface area contributed by atoms with Crippen LogP contribution in [0.2, 0.25) is 0 Å². The van der Waals surface area contributed by atoms with Gasteiger partial charge in [0.15, 0.2) is 5.82 Å². The largest absolute Gasteiger partial charge is 0.364 e. The summed E-state index contributed by atoms with van der Waals surface area (Å²) < 4.78 is 1.98. The van der Waals surface area contributed by atoms with Crippen LogP contribution in [0.1, 0.15) is 24.5 Å². The molecule has 0 bridgehead atoms. The molecule has 30 heavy (non-hydrogen) atoms. The van der Waals surface area contributed by atoms with E-state index in [1.54, 1.807) is 6.20 Å². The Kier molecular flexibility index (Phi) is 5.98. The van der Waals surface area contributed by atoms with Crippen molar-refractivity contribution in [3.05, 3.63) is 78.2 Å². The van der Waals surface area contributed by atoms with E-state index >= 15 is 0 Å². The fraction of sp³-hybridized carbons (Fsp3) is 0.217. The maximum atomic E-state index is 12.2. The Morgan fingerprint density at radius 3 is 2.73 bits per heavy atom. The standard InChI is InChI=1S/C23H24N6O/c1-2-11-25-23(30)13-18-16-29(20-8-4-3-7-19(18)20)22-10-9-21(27-28-22)26-15-17-6-5-12-24-14-17/h3-10,12,14,16H,2,11,13,15H2,1H3,(H,25,30)(H,26,27). The molecular formula is C23H24N6O. The summed E-state index contributed by atoms with van der Waals surface area (Å²) in [7, 11) is 0. The Hall–Kier alpha value is -3.74. The highest BCUT2D eigenvalue weighted by Gasteiger charge is 2.13. The van der Waals surface area contributed by atoms with Gasteiger partial charge in [0.1, 0.15) is 5.82 Å². The molecule has 7 nitrogen and oxygen atoms in total. The van der Waals surface area contributed by atoms with Gasteiger partial charge in [0.25, 0.3) is 0 Å². The number of nitrogens with zero attached hydrogens (tertiary/aromatic N) is 4. The first-order chi connectivity index (χ1) is 14.7. The number of aromatic nitrogens is 4. The van der Waals surface area contributed by atoms with Gasteiger partial charge < -0.3 is 10.6 Å². The Balaban J connectivity index is 1.54. The highest BCUT2D eigenvalue weighted by molar-refractivity contribution is 5.90. The average Bonchev–Trinajstić information content (AvgIpc) is 3.16. The molecule has 1 aromatic carbocycles. The van der Waals surface area contributed by atoms with Crippen molar-refractivity contribution < 1.29 is 4.79 Å². The van der Waals surface area contributed by atoms with Gasteiger partial charge in [-0.1, -0.05) is 31.2 Å². The van der Waals surface area contributed by atoms with Crippen molar-refractivity contribution in [2.24, 2.45) is 0 Å². The number of amides is 1. The van der Waals surface area contributed by atoms with E-state index in [9.17, 15) is 4.79 Å². The lowest BCUT2D eigenvalue weighted by atomic mass is 10.1. The number of hydrogen-bond acceptors (Lipinski definition) is 5. The van der Waals surface area contributed by atoms with Gasteiger partial charge in [-0.05, 0) is 41.8 Å². The fourth-order valence-electron chi connectivity index (χ4n) is 3.32. The van der Waals surface area contributed by atoms with Crippen LogP contribution in [0, 0.1) is 0 Å². The summed E-state index contributed by atoms with van der Waals surface area (Å²) in [5, 5.41) is 15.9. The van der Waals surface area contributed by atoms with Crippen molar-refractivity contribution in [1.29, 1.82) is 0 Å². The van der Waals surface area contributed by atoms with Crippen molar-refractivity contribution in [3.8, 4) is 5.82 Å². The number of nitrogens with one attached hydrogen (secondary N) is 2. The average molecular weight is 400 g/mol. The van der Waals surface area contributed by atoms with E-state index in [1.807, 2.05) is 72.4 Å². The molecule has 0 saturated carbocycles.